The van der Waals surface area contributed by atoms with E-state index in [9.17, 15) is 9.18 Å². The van der Waals surface area contributed by atoms with E-state index in [1.807, 2.05) is 29.0 Å². The van der Waals surface area contributed by atoms with E-state index in [1.165, 1.54) is 12.1 Å². The summed E-state index contributed by atoms with van der Waals surface area (Å²) in [5, 5.41) is 0. The van der Waals surface area contributed by atoms with Gasteiger partial charge in [0.15, 0.2) is 0 Å². The molecule has 3 aromatic rings. The average Bonchev–Trinajstić information content (AvgIpc) is 3.13. The fourth-order valence-electron chi connectivity index (χ4n) is 3.09. The van der Waals surface area contributed by atoms with Gasteiger partial charge < -0.3 is 14.2 Å². The van der Waals surface area contributed by atoms with E-state index >= 15 is 0 Å². The molecule has 0 atom stereocenters. The second-order valence-electron chi connectivity index (χ2n) is 6.46. The number of ether oxygens (including phenoxy) is 1. The molecule has 0 N–H and O–H groups in total. The minimum Gasteiger partial charge on any atom is -0.497 e. The van der Waals surface area contributed by atoms with Crippen molar-refractivity contribution >= 4 is 5.91 Å². The quantitative estimate of drug-likeness (QED) is 0.541. The molecule has 0 radical (unpaired) electrons. The first-order valence-electron chi connectivity index (χ1n) is 9.03. The van der Waals surface area contributed by atoms with Crippen molar-refractivity contribution in [3.05, 3.63) is 102 Å². The van der Waals surface area contributed by atoms with E-state index < -0.39 is 0 Å². The molecule has 28 heavy (non-hydrogen) atoms. The Morgan fingerprint density at radius 1 is 1.18 bits per heavy atom. The first kappa shape index (κ1) is 19.4. The van der Waals surface area contributed by atoms with Crippen LogP contribution in [0.15, 0.2) is 79.5 Å². The molecule has 2 aromatic carbocycles. The van der Waals surface area contributed by atoms with Crippen LogP contribution in [0.25, 0.3) is 0 Å². The second kappa shape index (κ2) is 9.04. The van der Waals surface area contributed by atoms with Crippen molar-refractivity contribution in [1.29, 1.82) is 0 Å². The van der Waals surface area contributed by atoms with Gasteiger partial charge in [-0.15, -0.1) is 6.58 Å². The minimum atomic E-state index is -0.257. The highest BCUT2D eigenvalue weighted by Gasteiger charge is 2.17. The zero-order valence-electron chi connectivity index (χ0n) is 15.8. The molecule has 0 saturated carbocycles. The van der Waals surface area contributed by atoms with Crippen molar-refractivity contribution in [2.75, 3.05) is 13.7 Å². The van der Waals surface area contributed by atoms with Crippen LogP contribution in [-0.4, -0.2) is 29.0 Å². The maximum atomic E-state index is 13.5. The fourth-order valence-corrected chi connectivity index (χ4v) is 3.09. The first-order valence-corrected chi connectivity index (χ1v) is 9.03. The number of halogens is 1. The van der Waals surface area contributed by atoms with Crippen LogP contribution in [0.4, 0.5) is 4.39 Å². The van der Waals surface area contributed by atoms with Crippen molar-refractivity contribution in [3.8, 4) is 5.75 Å². The van der Waals surface area contributed by atoms with E-state index in [-0.39, 0.29) is 11.7 Å². The molecule has 3 rings (SSSR count). The van der Waals surface area contributed by atoms with Gasteiger partial charge >= 0.3 is 0 Å². The number of hydrogen-bond donors (Lipinski definition) is 0. The largest absolute Gasteiger partial charge is 0.497 e. The number of hydrogen-bond acceptors (Lipinski definition) is 2. The van der Waals surface area contributed by atoms with E-state index in [2.05, 4.69) is 6.58 Å². The predicted octanol–water partition coefficient (Wildman–Crippen LogP) is 4.51. The van der Waals surface area contributed by atoms with Gasteiger partial charge in [-0.1, -0.05) is 24.3 Å². The number of amides is 1. The van der Waals surface area contributed by atoms with Crippen LogP contribution in [-0.2, 0) is 13.1 Å². The molecule has 144 valence electrons. The maximum Gasteiger partial charge on any atom is 0.254 e. The molecular formula is C23H23FN2O2. The minimum absolute atomic E-state index is 0.0997. The summed E-state index contributed by atoms with van der Waals surface area (Å²) in [6, 6.07) is 17.5. The van der Waals surface area contributed by atoms with Gasteiger partial charge in [-0.2, -0.15) is 0 Å². The Balaban J connectivity index is 1.80. The molecule has 0 saturated heterocycles. The van der Waals surface area contributed by atoms with Gasteiger partial charge in [0.05, 0.1) is 13.7 Å². The Labute approximate surface area is 164 Å². The normalized spacial score (nSPS) is 10.5. The smallest absolute Gasteiger partial charge is 0.254 e. The summed E-state index contributed by atoms with van der Waals surface area (Å²) in [6.45, 7) is 5.15. The van der Waals surface area contributed by atoms with Crippen LogP contribution in [0.3, 0.4) is 0 Å². The molecule has 1 aromatic heterocycles. The fraction of sp³-hybridized carbons (Fsp3) is 0.174. The number of rotatable bonds is 8. The monoisotopic (exact) mass is 378 g/mol. The van der Waals surface area contributed by atoms with Crippen molar-refractivity contribution in [1.82, 2.24) is 9.47 Å². The first-order chi connectivity index (χ1) is 13.6. The molecule has 0 aliphatic carbocycles. The van der Waals surface area contributed by atoms with Gasteiger partial charge in [-0.05, 0) is 48.0 Å². The van der Waals surface area contributed by atoms with Gasteiger partial charge in [0.25, 0.3) is 5.91 Å². The topological polar surface area (TPSA) is 34.5 Å². The van der Waals surface area contributed by atoms with Crippen molar-refractivity contribution in [2.24, 2.45) is 0 Å². The Bertz CT molecular complexity index is 964. The molecule has 0 aliphatic rings. The highest BCUT2D eigenvalue weighted by molar-refractivity contribution is 5.94. The lowest BCUT2D eigenvalue weighted by Crippen LogP contribution is -2.31. The van der Waals surface area contributed by atoms with Crippen molar-refractivity contribution in [2.45, 2.75) is 13.1 Å². The van der Waals surface area contributed by atoms with Crippen molar-refractivity contribution < 1.29 is 13.9 Å². The Morgan fingerprint density at radius 3 is 2.75 bits per heavy atom. The predicted molar refractivity (Wildman–Crippen MR) is 108 cm³/mol. The number of carbonyl (C=O) groups excluding carboxylic acids is 1. The molecule has 5 heteroatoms. The third-order valence-corrected chi connectivity index (χ3v) is 4.47. The summed E-state index contributed by atoms with van der Waals surface area (Å²) in [5.41, 5.74) is 2.39. The van der Waals surface area contributed by atoms with Gasteiger partial charge in [0, 0.05) is 30.5 Å². The van der Waals surface area contributed by atoms with E-state index in [0.29, 0.717) is 30.9 Å². The molecule has 1 heterocycles. The molecule has 0 spiro atoms. The van der Waals surface area contributed by atoms with Crippen LogP contribution >= 0.6 is 0 Å². The summed E-state index contributed by atoms with van der Waals surface area (Å²) < 4.78 is 20.7. The third kappa shape index (κ3) is 4.68. The van der Waals surface area contributed by atoms with Gasteiger partial charge in [-0.25, -0.2) is 4.39 Å². The number of nitrogens with zero attached hydrogens (tertiary/aromatic N) is 2. The highest BCUT2D eigenvalue weighted by Crippen LogP contribution is 2.17. The number of carbonyl (C=O) groups is 1. The highest BCUT2D eigenvalue weighted by atomic mass is 19.1. The molecule has 0 fully saturated rings. The summed E-state index contributed by atoms with van der Waals surface area (Å²) in [6.07, 6.45) is 3.64. The van der Waals surface area contributed by atoms with E-state index in [1.54, 1.807) is 48.4 Å². The zero-order valence-corrected chi connectivity index (χ0v) is 15.8. The van der Waals surface area contributed by atoms with Crippen LogP contribution in [0, 0.1) is 5.82 Å². The van der Waals surface area contributed by atoms with Gasteiger partial charge in [0.2, 0.25) is 0 Å². The third-order valence-electron chi connectivity index (χ3n) is 4.47. The van der Waals surface area contributed by atoms with Crippen molar-refractivity contribution in [3.63, 3.8) is 0 Å². The van der Waals surface area contributed by atoms with Crippen LogP contribution in [0.5, 0.6) is 5.75 Å². The summed E-state index contributed by atoms with van der Waals surface area (Å²) >= 11 is 0. The maximum absolute atomic E-state index is 13.5. The van der Waals surface area contributed by atoms with E-state index in [0.717, 1.165) is 11.3 Å². The zero-order chi connectivity index (χ0) is 19.9. The Morgan fingerprint density at radius 2 is 2.00 bits per heavy atom. The number of methoxy groups -OCH3 is 1. The number of aromatic nitrogens is 1. The Kier molecular flexibility index (Phi) is 6.27. The molecule has 0 unspecified atom stereocenters. The van der Waals surface area contributed by atoms with Gasteiger partial charge in [0.1, 0.15) is 11.6 Å². The molecule has 0 bridgehead atoms. The standard InChI is InChI=1S/C23H23FN2O2/c1-3-12-26(23(27)19-8-5-11-22(15-19)28-2)17-21-10-6-13-25(21)16-18-7-4-9-20(24)14-18/h3-11,13-15H,1,12,16-17H2,2H3. The lowest BCUT2D eigenvalue weighted by atomic mass is 10.1. The van der Waals surface area contributed by atoms with Crippen LogP contribution in [0.1, 0.15) is 21.6 Å². The van der Waals surface area contributed by atoms with Gasteiger partial charge in [-0.3, -0.25) is 4.79 Å². The Hall–Kier alpha value is -3.34. The summed E-state index contributed by atoms with van der Waals surface area (Å²) in [5.74, 6) is 0.281. The lowest BCUT2D eigenvalue weighted by Gasteiger charge is -2.22. The SMILES string of the molecule is C=CCN(Cc1cccn1Cc1cccc(F)c1)C(=O)c1cccc(OC)c1. The average molecular weight is 378 g/mol. The lowest BCUT2D eigenvalue weighted by molar-refractivity contribution is 0.0759. The summed E-state index contributed by atoms with van der Waals surface area (Å²) in [4.78, 5) is 14.7. The molecule has 0 aliphatic heterocycles. The number of benzene rings is 2. The van der Waals surface area contributed by atoms with Crippen LogP contribution in [0.2, 0.25) is 0 Å². The summed E-state index contributed by atoms with van der Waals surface area (Å²) in [7, 11) is 1.57. The second-order valence-corrected chi connectivity index (χ2v) is 6.46. The molecule has 1 amide bonds. The molecule has 4 nitrogen and oxygen atoms in total. The van der Waals surface area contributed by atoms with Crippen LogP contribution < -0.4 is 4.74 Å². The molecular weight excluding hydrogens is 355 g/mol. The van der Waals surface area contributed by atoms with E-state index in [4.69, 9.17) is 4.74 Å².